The van der Waals surface area contributed by atoms with E-state index in [0.717, 1.165) is 0 Å². The van der Waals surface area contributed by atoms with Crippen molar-refractivity contribution in [2.45, 2.75) is 33.2 Å². The molecule has 0 saturated carbocycles. The molecule has 11 heteroatoms. The van der Waals surface area contributed by atoms with E-state index in [-0.39, 0.29) is 28.7 Å². The third kappa shape index (κ3) is 3.41. The summed E-state index contributed by atoms with van der Waals surface area (Å²) in [5.74, 6) is -0.709. The minimum absolute atomic E-state index is 0.158. The molecule has 0 radical (unpaired) electrons. The van der Waals surface area contributed by atoms with Crippen LogP contribution in [0.5, 0.6) is 0 Å². The second-order valence-corrected chi connectivity index (χ2v) is 7.74. The highest BCUT2D eigenvalue weighted by Crippen LogP contribution is 2.31. The molecule has 0 N–H and O–H groups in total. The summed E-state index contributed by atoms with van der Waals surface area (Å²) in [5, 5.41) is 19.4. The van der Waals surface area contributed by atoms with E-state index in [1.54, 1.807) is 39.0 Å². The Hall–Kier alpha value is -4.15. The summed E-state index contributed by atoms with van der Waals surface area (Å²) in [5.41, 5.74) is 2.75. The highest BCUT2D eigenvalue weighted by Gasteiger charge is 2.21. The van der Waals surface area contributed by atoms with Gasteiger partial charge in [0.1, 0.15) is 23.4 Å². The molecule has 4 heterocycles. The van der Waals surface area contributed by atoms with E-state index in [9.17, 15) is 9.30 Å². The second kappa shape index (κ2) is 7.76. The fourth-order valence-corrected chi connectivity index (χ4v) is 3.83. The van der Waals surface area contributed by atoms with Crippen molar-refractivity contribution < 1.29 is 13.3 Å². The first-order chi connectivity index (χ1) is 15.9. The lowest BCUT2D eigenvalue weighted by molar-refractivity contribution is 0.393. The van der Waals surface area contributed by atoms with Gasteiger partial charge < -0.3 is 4.52 Å². The normalized spacial score (nSPS) is 12.5. The number of aromatic nitrogens is 6. The van der Waals surface area contributed by atoms with E-state index in [4.69, 9.17) is 4.52 Å². The van der Waals surface area contributed by atoms with Gasteiger partial charge in [-0.05, 0) is 39.0 Å². The Morgan fingerprint density at radius 3 is 2.73 bits per heavy atom. The van der Waals surface area contributed by atoms with Gasteiger partial charge in [-0.15, -0.1) is 10.2 Å². The summed E-state index contributed by atoms with van der Waals surface area (Å²) < 4.78 is 37.0. The minimum atomic E-state index is -0.756. The number of benzene rings is 1. The van der Waals surface area contributed by atoms with Crippen LogP contribution >= 0.6 is 0 Å². The first-order valence-corrected chi connectivity index (χ1v) is 10.1. The maximum atomic E-state index is 15.6. The Kier molecular flexibility index (Phi) is 4.88. The Labute approximate surface area is 185 Å². The first-order valence-electron chi connectivity index (χ1n) is 10.1. The molecule has 0 fully saturated rings. The Bertz CT molecular complexity index is 1520. The monoisotopic (exact) mass is 449 g/mol. The van der Waals surface area contributed by atoms with Crippen LogP contribution in [0.4, 0.5) is 8.78 Å². The molecule has 0 aliphatic rings. The molecule has 166 valence electrons. The molecule has 0 aliphatic heterocycles. The predicted octanol–water partition coefficient (Wildman–Crippen LogP) is 4.64. The summed E-state index contributed by atoms with van der Waals surface area (Å²) in [4.78, 5) is 15.1. The van der Waals surface area contributed by atoms with Crippen LogP contribution in [0.2, 0.25) is 0 Å². The first kappa shape index (κ1) is 20.7. The van der Waals surface area contributed by atoms with Crippen molar-refractivity contribution in [2.75, 3.05) is 0 Å². The zero-order chi connectivity index (χ0) is 23.3. The molecule has 4 aromatic heterocycles. The Balaban J connectivity index is 1.62. The standard InChI is InChI=1S/C22H17F2N7O2/c1-10(29-32)17-4-5-19-26-27-20(31(19)28-17)7-14-16(23)8-18-15(22(14)24)6-13(9-25-18)21-11(2)30-33-12(21)3/h4-6,8-10H,7H2,1-3H3. The van der Waals surface area contributed by atoms with E-state index in [2.05, 4.69) is 30.6 Å². The zero-order valence-electron chi connectivity index (χ0n) is 17.9. The molecule has 33 heavy (non-hydrogen) atoms. The molecule has 1 atom stereocenters. The van der Waals surface area contributed by atoms with Gasteiger partial charge in [0, 0.05) is 40.8 Å². The Morgan fingerprint density at radius 1 is 1.18 bits per heavy atom. The predicted molar refractivity (Wildman–Crippen MR) is 114 cm³/mol. The quantitative estimate of drug-likeness (QED) is 0.359. The molecular formula is C22H17F2N7O2. The number of nitroso groups, excluding NO2 is 1. The lowest BCUT2D eigenvalue weighted by Gasteiger charge is -2.09. The lowest BCUT2D eigenvalue weighted by atomic mass is 10.0. The minimum Gasteiger partial charge on any atom is -0.361 e. The summed E-state index contributed by atoms with van der Waals surface area (Å²) >= 11 is 0. The second-order valence-electron chi connectivity index (χ2n) is 7.74. The SMILES string of the molecule is Cc1noc(C)c1-c1cnc2cc(F)c(Cc3nnc4ccc(C(C)N=O)nn34)c(F)c2c1. The van der Waals surface area contributed by atoms with Gasteiger partial charge in [0.15, 0.2) is 11.5 Å². The van der Waals surface area contributed by atoms with Gasteiger partial charge >= 0.3 is 0 Å². The molecule has 0 aliphatic carbocycles. The maximum absolute atomic E-state index is 15.6. The summed E-state index contributed by atoms with van der Waals surface area (Å²) in [6, 6.07) is 5.33. The number of pyridine rings is 1. The third-order valence-electron chi connectivity index (χ3n) is 5.56. The molecule has 1 unspecified atom stereocenters. The fourth-order valence-electron chi connectivity index (χ4n) is 3.83. The number of hydrogen-bond donors (Lipinski definition) is 0. The van der Waals surface area contributed by atoms with Crippen LogP contribution in [-0.4, -0.2) is 30.0 Å². The molecule has 0 saturated heterocycles. The van der Waals surface area contributed by atoms with Crippen molar-refractivity contribution in [1.82, 2.24) is 30.0 Å². The largest absolute Gasteiger partial charge is 0.361 e. The van der Waals surface area contributed by atoms with Crippen LogP contribution < -0.4 is 0 Å². The van der Waals surface area contributed by atoms with Gasteiger partial charge in [-0.25, -0.2) is 8.78 Å². The van der Waals surface area contributed by atoms with E-state index in [1.165, 1.54) is 16.8 Å². The molecule has 9 nitrogen and oxygen atoms in total. The van der Waals surface area contributed by atoms with E-state index >= 15 is 4.39 Å². The molecular weight excluding hydrogens is 432 g/mol. The summed E-state index contributed by atoms with van der Waals surface area (Å²) in [7, 11) is 0. The highest BCUT2D eigenvalue weighted by atomic mass is 19.1. The van der Waals surface area contributed by atoms with Crippen molar-refractivity contribution in [1.29, 1.82) is 0 Å². The van der Waals surface area contributed by atoms with Gasteiger partial charge in [-0.3, -0.25) is 4.98 Å². The van der Waals surface area contributed by atoms with Gasteiger partial charge in [0.25, 0.3) is 0 Å². The van der Waals surface area contributed by atoms with Gasteiger partial charge in [-0.1, -0.05) is 10.3 Å². The maximum Gasteiger partial charge on any atom is 0.177 e. The molecule has 1 aromatic carbocycles. The van der Waals surface area contributed by atoms with Crippen molar-refractivity contribution in [3.05, 3.63) is 75.5 Å². The Morgan fingerprint density at radius 2 is 2.00 bits per heavy atom. The summed E-state index contributed by atoms with van der Waals surface area (Å²) in [6.07, 6.45) is 1.33. The van der Waals surface area contributed by atoms with Gasteiger partial charge in [0.2, 0.25) is 0 Å². The topological polar surface area (TPSA) is 111 Å². The average Bonchev–Trinajstić information content (AvgIpc) is 3.37. The van der Waals surface area contributed by atoms with Crippen LogP contribution in [-0.2, 0) is 6.42 Å². The van der Waals surface area contributed by atoms with Crippen molar-refractivity contribution >= 4 is 16.6 Å². The molecule has 5 rings (SSSR count). The van der Waals surface area contributed by atoms with Crippen molar-refractivity contribution in [2.24, 2.45) is 5.18 Å². The molecule has 0 bridgehead atoms. The summed E-state index contributed by atoms with van der Waals surface area (Å²) in [6.45, 7) is 5.13. The zero-order valence-corrected chi connectivity index (χ0v) is 17.9. The van der Waals surface area contributed by atoms with Gasteiger partial charge in [0.05, 0.1) is 16.9 Å². The number of fused-ring (bicyclic) bond motifs is 2. The van der Waals surface area contributed by atoms with E-state index in [1.807, 2.05) is 0 Å². The van der Waals surface area contributed by atoms with E-state index < -0.39 is 17.7 Å². The van der Waals surface area contributed by atoms with Gasteiger partial charge in [-0.2, -0.15) is 14.5 Å². The number of hydrogen-bond acceptors (Lipinski definition) is 8. The lowest BCUT2D eigenvalue weighted by Crippen LogP contribution is -2.07. The third-order valence-corrected chi connectivity index (χ3v) is 5.56. The van der Waals surface area contributed by atoms with E-state index in [0.29, 0.717) is 33.9 Å². The average molecular weight is 449 g/mol. The number of rotatable bonds is 5. The van der Waals surface area contributed by atoms with Crippen LogP contribution in [0, 0.1) is 30.4 Å². The molecule has 0 spiro atoms. The van der Waals surface area contributed by atoms with Crippen LogP contribution in [0.1, 0.15) is 41.5 Å². The molecule has 0 amide bonds. The fraction of sp³-hybridized carbons (Fsp3) is 0.227. The van der Waals surface area contributed by atoms with Crippen molar-refractivity contribution in [3.63, 3.8) is 0 Å². The highest BCUT2D eigenvalue weighted by molar-refractivity contribution is 5.85. The number of halogens is 2. The number of aryl methyl sites for hydroxylation is 2. The van der Waals surface area contributed by atoms with Crippen molar-refractivity contribution in [3.8, 4) is 11.1 Å². The van der Waals surface area contributed by atoms with Crippen LogP contribution in [0.3, 0.4) is 0 Å². The number of nitrogens with zero attached hydrogens (tertiary/aromatic N) is 7. The molecule has 5 aromatic rings. The van der Waals surface area contributed by atoms with Crippen LogP contribution in [0.15, 0.2) is 40.2 Å². The smallest absolute Gasteiger partial charge is 0.177 e. The van der Waals surface area contributed by atoms with Crippen LogP contribution in [0.25, 0.3) is 27.7 Å².